The number of nitrogens with one attached hydrogen (secondary N) is 2. The molecule has 154 valence electrons. The molecule has 0 saturated heterocycles. The van der Waals surface area contributed by atoms with Crippen LogP contribution in [0.5, 0.6) is 0 Å². The molecule has 0 aliphatic carbocycles. The van der Waals surface area contributed by atoms with E-state index < -0.39 is 20.9 Å². The first-order valence-corrected chi connectivity index (χ1v) is 10.4. The summed E-state index contributed by atoms with van der Waals surface area (Å²) < 4.78 is 28.1. The first-order chi connectivity index (χ1) is 14.2. The van der Waals surface area contributed by atoms with Gasteiger partial charge in [-0.2, -0.15) is 0 Å². The van der Waals surface area contributed by atoms with Gasteiger partial charge in [0.25, 0.3) is 21.6 Å². The van der Waals surface area contributed by atoms with Crippen LogP contribution in [0.3, 0.4) is 0 Å². The molecule has 0 saturated carbocycles. The lowest BCUT2D eigenvalue weighted by Crippen LogP contribution is -2.17. The highest BCUT2D eigenvalue weighted by Gasteiger charge is 2.20. The summed E-state index contributed by atoms with van der Waals surface area (Å²) in [6.45, 7) is 3.53. The van der Waals surface area contributed by atoms with E-state index in [4.69, 9.17) is 0 Å². The Kier molecular flexibility index (Phi) is 5.84. The zero-order valence-electron chi connectivity index (χ0n) is 16.2. The summed E-state index contributed by atoms with van der Waals surface area (Å²) in [6, 6.07) is 16.7. The maximum Gasteiger partial charge on any atom is 0.271 e. The number of carbonyl (C=O) groups is 1. The number of nitro benzene ring substituents is 1. The molecule has 0 radical (unpaired) electrons. The predicted molar refractivity (Wildman–Crippen MR) is 114 cm³/mol. The summed E-state index contributed by atoms with van der Waals surface area (Å²) in [5.74, 6) is -0.453. The summed E-state index contributed by atoms with van der Waals surface area (Å²) in [5.41, 5.74) is 2.05. The minimum atomic E-state index is -4.07. The van der Waals surface area contributed by atoms with Gasteiger partial charge in [-0.05, 0) is 49.7 Å². The number of hydrogen-bond acceptors (Lipinski definition) is 5. The van der Waals surface area contributed by atoms with Gasteiger partial charge in [-0.1, -0.05) is 29.8 Å². The van der Waals surface area contributed by atoms with Gasteiger partial charge in [0.05, 0.1) is 15.5 Å². The van der Waals surface area contributed by atoms with Crippen molar-refractivity contribution in [2.75, 3.05) is 10.0 Å². The van der Waals surface area contributed by atoms with Gasteiger partial charge in [-0.3, -0.25) is 19.6 Å². The lowest BCUT2D eigenvalue weighted by atomic mass is 10.1. The summed E-state index contributed by atoms with van der Waals surface area (Å²) >= 11 is 0. The highest BCUT2D eigenvalue weighted by molar-refractivity contribution is 7.92. The highest BCUT2D eigenvalue weighted by atomic mass is 32.2. The van der Waals surface area contributed by atoms with Crippen LogP contribution in [-0.4, -0.2) is 19.2 Å². The van der Waals surface area contributed by atoms with Gasteiger partial charge in [0.2, 0.25) is 0 Å². The largest absolute Gasteiger partial charge is 0.322 e. The van der Waals surface area contributed by atoms with E-state index in [9.17, 15) is 23.3 Å². The van der Waals surface area contributed by atoms with Gasteiger partial charge in [0, 0.05) is 23.4 Å². The molecule has 3 rings (SSSR count). The average Bonchev–Trinajstić information content (AvgIpc) is 2.69. The number of rotatable bonds is 6. The van der Waals surface area contributed by atoms with Crippen molar-refractivity contribution in [3.05, 3.63) is 93.5 Å². The van der Waals surface area contributed by atoms with Crippen molar-refractivity contribution in [3.63, 3.8) is 0 Å². The van der Waals surface area contributed by atoms with E-state index in [1.54, 1.807) is 19.1 Å². The molecular formula is C21H19N3O5S. The molecule has 9 heteroatoms. The molecule has 2 N–H and O–H groups in total. The maximum absolute atomic E-state index is 12.9. The van der Waals surface area contributed by atoms with Crippen molar-refractivity contribution in [1.82, 2.24) is 0 Å². The summed E-state index contributed by atoms with van der Waals surface area (Å²) in [4.78, 5) is 22.8. The van der Waals surface area contributed by atoms with Crippen LogP contribution in [0.15, 0.2) is 71.6 Å². The third kappa shape index (κ3) is 4.81. The minimum absolute atomic E-state index is 0.0538. The van der Waals surface area contributed by atoms with E-state index in [0.29, 0.717) is 11.3 Å². The summed E-state index contributed by atoms with van der Waals surface area (Å²) in [5, 5.41) is 13.6. The molecule has 0 heterocycles. The van der Waals surface area contributed by atoms with Crippen LogP contribution in [0.2, 0.25) is 0 Å². The normalized spacial score (nSPS) is 11.0. The van der Waals surface area contributed by atoms with Crippen LogP contribution in [-0.2, 0) is 10.0 Å². The monoisotopic (exact) mass is 425 g/mol. The molecule has 0 fully saturated rings. The van der Waals surface area contributed by atoms with Crippen molar-refractivity contribution >= 4 is 33.0 Å². The fourth-order valence-corrected chi connectivity index (χ4v) is 4.09. The van der Waals surface area contributed by atoms with E-state index in [1.807, 2.05) is 19.1 Å². The molecule has 0 aliphatic heterocycles. The van der Waals surface area contributed by atoms with Gasteiger partial charge in [-0.15, -0.1) is 0 Å². The second-order valence-electron chi connectivity index (χ2n) is 6.71. The Morgan fingerprint density at radius 1 is 0.933 bits per heavy atom. The van der Waals surface area contributed by atoms with Crippen molar-refractivity contribution in [2.24, 2.45) is 0 Å². The summed E-state index contributed by atoms with van der Waals surface area (Å²) in [7, 11) is -4.07. The Morgan fingerprint density at radius 3 is 2.30 bits per heavy atom. The van der Waals surface area contributed by atoms with Crippen molar-refractivity contribution in [1.29, 1.82) is 0 Å². The van der Waals surface area contributed by atoms with Crippen molar-refractivity contribution in [3.8, 4) is 0 Å². The van der Waals surface area contributed by atoms with Crippen LogP contribution in [0.25, 0.3) is 0 Å². The highest BCUT2D eigenvalue weighted by Crippen LogP contribution is 2.24. The van der Waals surface area contributed by atoms with Crippen LogP contribution in [0, 0.1) is 24.0 Å². The Morgan fingerprint density at radius 2 is 1.63 bits per heavy atom. The van der Waals surface area contributed by atoms with Crippen molar-refractivity contribution in [2.45, 2.75) is 18.7 Å². The minimum Gasteiger partial charge on any atom is -0.322 e. The van der Waals surface area contributed by atoms with Crippen LogP contribution >= 0.6 is 0 Å². The third-order valence-corrected chi connectivity index (χ3v) is 5.88. The second-order valence-corrected chi connectivity index (χ2v) is 8.36. The molecule has 0 atom stereocenters. The van der Waals surface area contributed by atoms with Crippen LogP contribution in [0.4, 0.5) is 17.1 Å². The van der Waals surface area contributed by atoms with Gasteiger partial charge >= 0.3 is 0 Å². The van der Waals surface area contributed by atoms with E-state index in [2.05, 4.69) is 10.0 Å². The fourth-order valence-electron chi connectivity index (χ4n) is 2.76. The number of amides is 1. The zero-order valence-corrected chi connectivity index (χ0v) is 17.1. The Balaban J connectivity index is 1.88. The first kappa shape index (κ1) is 21.0. The Labute approximate surface area is 173 Å². The number of benzene rings is 3. The molecule has 0 aliphatic rings. The number of nitrogens with zero attached hydrogens (tertiary/aromatic N) is 1. The summed E-state index contributed by atoms with van der Waals surface area (Å²) in [6.07, 6.45) is 0. The molecule has 3 aromatic rings. The maximum atomic E-state index is 12.9. The average molecular weight is 425 g/mol. The Hall–Kier alpha value is -3.72. The lowest BCUT2D eigenvalue weighted by molar-refractivity contribution is -0.384. The molecule has 0 spiro atoms. The molecule has 8 nitrogen and oxygen atoms in total. The number of anilines is 2. The molecule has 1 amide bonds. The second kappa shape index (κ2) is 8.34. The number of sulfonamides is 1. The van der Waals surface area contributed by atoms with E-state index in [0.717, 1.165) is 11.6 Å². The van der Waals surface area contributed by atoms with Gasteiger partial charge in [-0.25, -0.2) is 8.42 Å². The van der Waals surface area contributed by atoms with Crippen LogP contribution < -0.4 is 10.0 Å². The Bertz CT molecular complexity index is 1220. The molecule has 0 unspecified atom stereocenters. The molecule has 0 aromatic heterocycles. The first-order valence-electron chi connectivity index (χ1n) is 8.92. The van der Waals surface area contributed by atoms with Gasteiger partial charge < -0.3 is 5.32 Å². The SMILES string of the molecule is Cc1ccc(NC(=O)c2ccc(C)c(S(=O)(=O)Nc3cccc([N+](=O)[O-])c3)c2)cc1. The lowest BCUT2D eigenvalue weighted by Gasteiger charge is -2.12. The number of nitro groups is 1. The van der Waals surface area contributed by atoms with Gasteiger partial charge in [0.15, 0.2) is 0 Å². The number of aryl methyl sites for hydroxylation is 2. The van der Waals surface area contributed by atoms with Crippen molar-refractivity contribution < 1.29 is 18.1 Å². The molecule has 3 aromatic carbocycles. The standard InChI is InChI=1S/C21H19N3O5S/c1-14-6-10-17(11-7-14)22-21(25)16-9-8-15(2)20(12-16)30(28,29)23-18-4-3-5-19(13-18)24(26)27/h3-13,23H,1-2H3,(H,22,25). The van der Waals surface area contributed by atoms with E-state index >= 15 is 0 Å². The van der Waals surface area contributed by atoms with Gasteiger partial charge in [0.1, 0.15) is 0 Å². The topological polar surface area (TPSA) is 118 Å². The zero-order chi connectivity index (χ0) is 21.9. The fraction of sp³-hybridized carbons (Fsp3) is 0.0952. The van der Waals surface area contributed by atoms with E-state index in [1.165, 1.54) is 36.4 Å². The third-order valence-electron chi connectivity index (χ3n) is 4.36. The quantitative estimate of drug-likeness (QED) is 0.452. The smallest absolute Gasteiger partial charge is 0.271 e. The molecular weight excluding hydrogens is 406 g/mol. The number of non-ortho nitro benzene ring substituents is 1. The number of hydrogen-bond donors (Lipinski definition) is 2. The predicted octanol–water partition coefficient (Wildman–Crippen LogP) is 4.26. The molecule has 0 bridgehead atoms. The van der Waals surface area contributed by atoms with Crippen LogP contribution in [0.1, 0.15) is 21.5 Å². The number of carbonyl (C=O) groups excluding carboxylic acids is 1. The molecule has 30 heavy (non-hydrogen) atoms. The van der Waals surface area contributed by atoms with E-state index in [-0.39, 0.29) is 21.8 Å².